The molecule has 1 saturated carbocycles. The Kier molecular flexibility index (Phi) is 10.9. The number of amides is 2. The number of rotatable bonds is 14. The van der Waals surface area contributed by atoms with Gasteiger partial charge in [-0.1, -0.05) is 68.2 Å². The third kappa shape index (κ3) is 6.30. The second-order valence-electron chi connectivity index (χ2n) is 11.3. The average Bonchev–Trinajstić information content (AvgIpc) is 3.27. The minimum atomic E-state index is -1.25. The van der Waals surface area contributed by atoms with Crippen LogP contribution in [-0.4, -0.2) is 50.2 Å². The monoisotopic (exact) mass is 468 g/mol. The summed E-state index contributed by atoms with van der Waals surface area (Å²) in [7, 11) is 0. The van der Waals surface area contributed by atoms with E-state index in [2.05, 4.69) is 27.7 Å². The highest BCUT2D eigenvalue weighted by molar-refractivity contribution is 6.05. The fraction of sp³-hybridized carbons (Fsp3) is 0.926. The molecule has 6 nitrogen and oxygen atoms in total. The summed E-state index contributed by atoms with van der Waals surface area (Å²) >= 11 is 0. The van der Waals surface area contributed by atoms with E-state index in [0.29, 0.717) is 51.4 Å². The lowest BCUT2D eigenvalue weighted by molar-refractivity contribution is -0.174. The Bertz CT molecular complexity index is 600. The first-order valence-electron chi connectivity index (χ1n) is 13.4. The van der Waals surface area contributed by atoms with Gasteiger partial charge in [-0.25, -0.2) is 0 Å². The van der Waals surface area contributed by atoms with E-state index in [9.17, 15) is 19.8 Å². The molecule has 1 fully saturated rings. The van der Waals surface area contributed by atoms with Crippen molar-refractivity contribution in [1.29, 1.82) is 0 Å². The first kappa shape index (κ1) is 29.9. The Morgan fingerprint density at radius 1 is 0.818 bits per heavy atom. The molecule has 1 aliphatic rings. The summed E-state index contributed by atoms with van der Waals surface area (Å²) in [5, 5.41) is 23.6. The first-order valence-corrected chi connectivity index (χ1v) is 13.4. The molecule has 1 rings (SSSR count). The van der Waals surface area contributed by atoms with Crippen LogP contribution in [0.25, 0.3) is 0 Å². The summed E-state index contributed by atoms with van der Waals surface area (Å²) in [5.41, 5.74) is 2.42. The van der Waals surface area contributed by atoms with Gasteiger partial charge in [0, 0.05) is 0 Å². The Labute approximate surface area is 202 Å². The zero-order valence-electron chi connectivity index (χ0n) is 22.6. The number of nitrogens with two attached hydrogens (primary N) is 1. The van der Waals surface area contributed by atoms with Gasteiger partial charge in [0.25, 0.3) is 0 Å². The van der Waals surface area contributed by atoms with E-state index in [1.165, 1.54) is 0 Å². The van der Waals surface area contributed by atoms with Crippen LogP contribution in [0.4, 0.5) is 0 Å². The molecule has 2 amide bonds. The quantitative estimate of drug-likeness (QED) is 0.319. The first-order chi connectivity index (χ1) is 15.3. The largest absolute Gasteiger partial charge is 0.388 e. The zero-order valence-corrected chi connectivity index (χ0v) is 22.6. The Morgan fingerprint density at radius 3 is 1.39 bits per heavy atom. The molecule has 0 saturated heterocycles. The van der Waals surface area contributed by atoms with Crippen LogP contribution < -0.4 is 5.73 Å². The van der Waals surface area contributed by atoms with Crippen molar-refractivity contribution in [3.8, 4) is 0 Å². The number of aliphatic hydroxyl groups is 2. The number of primary amides is 1. The van der Waals surface area contributed by atoms with Crippen LogP contribution in [0.3, 0.4) is 0 Å². The third-order valence-corrected chi connectivity index (χ3v) is 8.32. The van der Waals surface area contributed by atoms with Gasteiger partial charge in [0.15, 0.2) is 0 Å². The second-order valence-corrected chi connectivity index (χ2v) is 11.3. The normalized spacial score (nSPS) is 18.5. The molecule has 0 aromatic carbocycles. The number of hydrogen-bond donors (Lipinski definition) is 3. The van der Waals surface area contributed by atoms with E-state index in [4.69, 9.17) is 5.73 Å². The molecule has 0 aromatic heterocycles. The summed E-state index contributed by atoms with van der Waals surface area (Å²) in [6.45, 7) is 16.1. The van der Waals surface area contributed by atoms with Crippen molar-refractivity contribution in [2.45, 2.75) is 143 Å². The highest BCUT2D eigenvalue weighted by Gasteiger charge is 2.56. The van der Waals surface area contributed by atoms with Crippen molar-refractivity contribution in [3.63, 3.8) is 0 Å². The summed E-state index contributed by atoms with van der Waals surface area (Å²) in [6.07, 6.45) is 5.57. The SMILES string of the molecule is CCC(O)(CC)[C@@H](CC(C)C)N(C(=O)C1(C(N)=O)CCCC1)[C@H](CC(C)C)C(O)(CC)CC. The van der Waals surface area contributed by atoms with Gasteiger partial charge in [0.05, 0.1) is 23.3 Å². The molecule has 0 unspecified atom stereocenters. The molecule has 0 aliphatic heterocycles. The van der Waals surface area contributed by atoms with Gasteiger partial charge in [0.2, 0.25) is 11.8 Å². The van der Waals surface area contributed by atoms with E-state index in [0.717, 1.165) is 12.8 Å². The van der Waals surface area contributed by atoms with Crippen molar-refractivity contribution < 1.29 is 19.8 Å². The van der Waals surface area contributed by atoms with Crippen LogP contribution in [0.5, 0.6) is 0 Å². The van der Waals surface area contributed by atoms with E-state index >= 15 is 0 Å². The lowest BCUT2D eigenvalue weighted by Crippen LogP contribution is -2.67. The molecule has 0 aromatic rings. The molecule has 4 N–H and O–H groups in total. The molecule has 33 heavy (non-hydrogen) atoms. The smallest absolute Gasteiger partial charge is 0.238 e. The maximum atomic E-state index is 14.5. The molecule has 0 radical (unpaired) electrons. The zero-order chi connectivity index (χ0) is 25.6. The molecular weight excluding hydrogens is 416 g/mol. The van der Waals surface area contributed by atoms with Gasteiger partial charge in [-0.2, -0.15) is 0 Å². The maximum absolute atomic E-state index is 14.5. The minimum absolute atomic E-state index is 0.221. The van der Waals surface area contributed by atoms with Crippen LogP contribution in [-0.2, 0) is 9.59 Å². The molecule has 0 spiro atoms. The highest BCUT2D eigenvalue weighted by Crippen LogP contribution is 2.45. The van der Waals surface area contributed by atoms with Gasteiger partial charge in [-0.05, 0) is 63.2 Å². The second kappa shape index (κ2) is 12.0. The predicted octanol–water partition coefficient (Wildman–Crippen LogP) is 4.79. The Morgan fingerprint density at radius 2 is 1.15 bits per heavy atom. The van der Waals surface area contributed by atoms with Gasteiger partial charge < -0.3 is 20.8 Å². The standard InChI is InChI=1S/C27H52N2O4/c1-9-26(32,10-2)21(17-19(5)6)29(22(18-20(7)8)27(33,11-3)12-4)24(31)25(23(28)30)15-13-14-16-25/h19-22,32-33H,9-18H2,1-8H3,(H2,28,30)/t21-,22-/m1/s1. The summed E-state index contributed by atoms with van der Waals surface area (Å²) < 4.78 is 0. The van der Waals surface area contributed by atoms with E-state index in [-0.39, 0.29) is 17.7 Å². The lowest BCUT2D eigenvalue weighted by atomic mass is 9.74. The van der Waals surface area contributed by atoms with Crippen molar-refractivity contribution in [2.24, 2.45) is 23.0 Å². The topological polar surface area (TPSA) is 104 Å². The maximum Gasteiger partial charge on any atom is 0.238 e. The molecule has 1 aliphatic carbocycles. The minimum Gasteiger partial charge on any atom is -0.388 e. The highest BCUT2D eigenvalue weighted by atomic mass is 16.3. The molecule has 0 bridgehead atoms. The number of hydrogen-bond acceptors (Lipinski definition) is 4. The van der Waals surface area contributed by atoms with Crippen molar-refractivity contribution >= 4 is 11.8 Å². The van der Waals surface area contributed by atoms with Gasteiger partial charge >= 0.3 is 0 Å². The van der Waals surface area contributed by atoms with Gasteiger partial charge in [0.1, 0.15) is 5.41 Å². The van der Waals surface area contributed by atoms with E-state index < -0.39 is 34.6 Å². The summed E-state index contributed by atoms with van der Waals surface area (Å²) in [4.78, 5) is 29.1. The number of carbonyl (C=O) groups excluding carboxylic acids is 2. The van der Waals surface area contributed by atoms with Crippen LogP contribution in [0, 0.1) is 17.3 Å². The molecular formula is C27H52N2O4. The van der Waals surface area contributed by atoms with Crippen LogP contribution in [0.15, 0.2) is 0 Å². The Balaban J connectivity index is 3.89. The van der Waals surface area contributed by atoms with Crippen molar-refractivity contribution in [3.05, 3.63) is 0 Å². The van der Waals surface area contributed by atoms with Crippen LogP contribution in [0.2, 0.25) is 0 Å². The van der Waals surface area contributed by atoms with Gasteiger partial charge in [-0.15, -0.1) is 0 Å². The Hall–Kier alpha value is -1.14. The van der Waals surface area contributed by atoms with E-state index in [1.54, 1.807) is 4.90 Å². The average molecular weight is 469 g/mol. The van der Waals surface area contributed by atoms with Crippen LogP contribution >= 0.6 is 0 Å². The van der Waals surface area contributed by atoms with E-state index in [1.807, 2.05) is 27.7 Å². The number of nitrogens with zero attached hydrogens (tertiary/aromatic N) is 1. The van der Waals surface area contributed by atoms with Gasteiger partial charge in [-0.3, -0.25) is 9.59 Å². The van der Waals surface area contributed by atoms with Crippen molar-refractivity contribution in [1.82, 2.24) is 4.90 Å². The molecule has 194 valence electrons. The molecule has 0 heterocycles. The fourth-order valence-corrected chi connectivity index (χ4v) is 5.81. The summed E-state index contributed by atoms with van der Waals surface area (Å²) in [5.74, 6) is -0.419. The predicted molar refractivity (Wildman–Crippen MR) is 134 cm³/mol. The fourth-order valence-electron chi connectivity index (χ4n) is 5.81. The van der Waals surface area contributed by atoms with Crippen LogP contribution in [0.1, 0.15) is 120 Å². The van der Waals surface area contributed by atoms with Crippen molar-refractivity contribution in [2.75, 3.05) is 0 Å². The lowest BCUT2D eigenvalue weighted by Gasteiger charge is -2.53. The third-order valence-electron chi connectivity index (χ3n) is 8.32. The number of carbonyl (C=O) groups is 2. The summed E-state index contributed by atoms with van der Waals surface area (Å²) in [6, 6.07) is -1.02. The molecule has 6 heteroatoms. The molecule has 2 atom stereocenters.